The van der Waals surface area contributed by atoms with Gasteiger partial charge >= 0.3 is 0 Å². The molecule has 1 N–H and O–H groups in total. The van der Waals surface area contributed by atoms with Gasteiger partial charge in [0.25, 0.3) is 0 Å². The fraction of sp³-hybridized carbons (Fsp3) is 0.467. The summed E-state index contributed by atoms with van der Waals surface area (Å²) in [6.07, 6.45) is 2.14. The van der Waals surface area contributed by atoms with Gasteiger partial charge in [0, 0.05) is 25.3 Å². The number of benzene rings is 1. The van der Waals surface area contributed by atoms with Crippen molar-refractivity contribution in [2.45, 2.75) is 19.8 Å². The quantitative estimate of drug-likeness (QED) is 0.615. The minimum Gasteiger partial charge on any atom is -0.367 e. The van der Waals surface area contributed by atoms with Gasteiger partial charge in [-0.3, -0.25) is 0 Å². The molecule has 1 aromatic carbocycles. The van der Waals surface area contributed by atoms with Crippen molar-refractivity contribution in [1.29, 1.82) is 0 Å². The number of nitrogens with one attached hydrogen (secondary N) is 1. The lowest BCUT2D eigenvalue weighted by atomic mass is 10.1. The van der Waals surface area contributed by atoms with Gasteiger partial charge in [-0.15, -0.1) is 0 Å². The average Bonchev–Trinajstić information content (AvgIpc) is 2.72. The second kappa shape index (κ2) is 6.01. The second-order valence-corrected chi connectivity index (χ2v) is 4.87. The lowest BCUT2D eigenvalue weighted by Crippen LogP contribution is -2.28. The van der Waals surface area contributed by atoms with Crippen LogP contribution >= 0.6 is 0 Å². The molecule has 0 fully saturated rings. The Bertz CT molecular complexity index is 429. The van der Waals surface area contributed by atoms with Crippen molar-refractivity contribution < 1.29 is 4.39 Å². The highest BCUT2D eigenvalue weighted by atomic mass is 19.1. The standard InChI is InChI=1S/C15H21FN2/c1-3-7-17-10-12(2)11-18-8-6-13-4-5-14(16)9-15(13)18/h4-5,9,17H,2-3,6-8,10-11H2,1H3. The molecule has 0 bridgehead atoms. The Hall–Kier alpha value is -1.35. The third kappa shape index (κ3) is 3.10. The van der Waals surface area contributed by atoms with Crippen molar-refractivity contribution in [3.63, 3.8) is 0 Å². The molecule has 0 amide bonds. The van der Waals surface area contributed by atoms with E-state index in [2.05, 4.69) is 23.7 Å². The molecule has 0 spiro atoms. The molecule has 98 valence electrons. The Morgan fingerprint density at radius 2 is 2.33 bits per heavy atom. The van der Waals surface area contributed by atoms with Crippen molar-refractivity contribution in [3.8, 4) is 0 Å². The van der Waals surface area contributed by atoms with Crippen LogP contribution in [-0.2, 0) is 6.42 Å². The zero-order valence-electron chi connectivity index (χ0n) is 11.0. The van der Waals surface area contributed by atoms with Crippen LogP contribution in [0.1, 0.15) is 18.9 Å². The molecule has 2 rings (SSSR count). The van der Waals surface area contributed by atoms with Crippen molar-refractivity contribution in [2.75, 3.05) is 31.1 Å². The molecule has 1 heterocycles. The predicted molar refractivity (Wildman–Crippen MR) is 74.6 cm³/mol. The van der Waals surface area contributed by atoms with Crippen molar-refractivity contribution in [3.05, 3.63) is 41.7 Å². The third-order valence-corrected chi connectivity index (χ3v) is 3.26. The fourth-order valence-corrected chi connectivity index (χ4v) is 2.35. The lowest BCUT2D eigenvalue weighted by Gasteiger charge is -2.21. The number of hydrogen-bond acceptors (Lipinski definition) is 2. The first-order valence-corrected chi connectivity index (χ1v) is 6.61. The van der Waals surface area contributed by atoms with Gasteiger partial charge in [-0.25, -0.2) is 4.39 Å². The molecule has 0 radical (unpaired) electrons. The zero-order valence-corrected chi connectivity index (χ0v) is 11.0. The number of fused-ring (bicyclic) bond motifs is 1. The van der Waals surface area contributed by atoms with Crippen LogP contribution < -0.4 is 10.2 Å². The Labute approximate surface area is 108 Å². The maximum Gasteiger partial charge on any atom is 0.125 e. The van der Waals surface area contributed by atoms with Gasteiger partial charge < -0.3 is 10.2 Å². The molecule has 0 unspecified atom stereocenters. The van der Waals surface area contributed by atoms with E-state index in [-0.39, 0.29) is 5.82 Å². The fourth-order valence-electron chi connectivity index (χ4n) is 2.35. The minimum absolute atomic E-state index is 0.157. The van der Waals surface area contributed by atoms with Crippen LogP contribution in [0.3, 0.4) is 0 Å². The number of rotatable bonds is 6. The molecule has 3 heteroatoms. The summed E-state index contributed by atoms with van der Waals surface area (Å²) in [5.74, 6) is -0.157. The Morgan fingerprint density at radius 3 is 3.11 bits per heavy atom. The Morgan fingerprint density at radius 1 is 1.50 bits per heavy atom. The highest BCUT2D eigenvalue weighted by Crippen LogP contribution is 2.28. The van der Waals surface area contributed by atoms with Gasteiger partial charge in [-0.1, -0.05) is 19.6 Å². The normalized spacial score (nSPS) is 13.8. The second-order valence-electron chi connectivity index (χ2n) is 4.87. The van der Waals surface area contributed by atoms with E-state index < -0.39 is 0 Å². The van der Waals surface area contributed by atoms with Crippen LogP contribution in [0.4, 0.5) is 10.1 Å². The van der Waals surface area contributed by atoms with E-state index in [0.29, 0.717) is 0 Å². The van der Waals surface area contributed by atoms with Gasteiger partial charge in [0.1, 0.15) is 5.82 Å². The molecule has 2 nitrogen and oxygen atoms in total. The average molecular weight is 248 g/mol. The number of anilines is 1. The van der Waals surface area contributed by atoms with Crippen LogP contribution in [0, 0.1) is 5.82 Å². The van der Waals surface area contributed by atoms with Gasteiger partial charge in [0.05, 0.1) is 0 Å². The van der Waals surface area contributed by atoms with E-state index in [1.54, 1.807) is 12.1 Å². The molecular formula is C15H21FN2. The van der Waals surface area contributed by atoms with E-state index in [0.717, 1.165) is 50.3 Å². The Balaban J connectivity index is 1.93. The summed E-state index contributed by atoms with van der Waals surface area (Å²) in [4.78, 5) is 2.22. The van der Waals surface area contributed by atoms with E-state index in [9.17, 15) is 4.39 Å². The van der Waals surface area contributed by atoms with Crippen LogP contribution in [0.5, 0.6) is 0 Å². The summed E-state index contributed by atoms with van der Waals surface area (Å²) < 4.78 is 13.3. The van der Waals surface area contributed by atoms with Crippen LogP contribution in [0.2, 0.25) is 0 Å². The minimum atomic E-state index is -0.157. The SMILES string of the molecule is C=C(CNCCC)CN1CCc2ccc(F)cc21. The molecule has 1 aliphatic rings. The highest BCUT2D eigenvalue weighted by molar-refractivity contribution is 5.58. The molecule has 0 atom stereocenters. The van der Waals surface area contributed by atoms with Crippen molar-refractivity contribution >= 4 is 5.69 Å². The maximum atomic E-state index is 13.3. The van der Waals surface area contributed by atoms with Crippen LogP contribution in [0.15, 0.2) is 30.4 Å². The number of hydrogen-bond donors (Lipinski definition) is 1. The monoisotopic (exact) mass is 248 g/mol. The van der Waals surface area contributed by atoms with Gasteiger partial charge in [0.15, 0.2) is 0 Å². The topological polar surface area (TPSA) is 15.3 Å². The van der Waals surface area contributed by atoms with E-state index in [1.165, 1.54) is 5.56 Å². The van der Waals surface area contributed by atoms with Gasteiger partial charge in [-0.05, 0) is 42.7 Å². The number of halogens is 1. The first-order valence-electron chi connectivity index (χ1n) is 6.61. The molecular weight excluding hydrogens is 227 g/mol. The summed E-state index contributed by atoms with van der Waals surface area (Å²) in [5, 5.41) is 3.34. The van der Waals surface area contributed by atoms with Crippen molar-refractivity contribution in [2.24, 2.45) is 0 Å². The molecule has 0 aliphatic carbocycles. The lowest BCUT2D eigenvalue weighted by molar-refractivity contribution is 0.627. The molecule has 0 saturated carbocycles. The molecule has 1 aromatic rings. The molecule has 18 heavy (non-hydrogen) atoms. The summed E-state index contributed by atoms with van der Waals surface area (Å²) >= 11 is 0. The van der Waals surface area contributed by atoms with Gasteiger partial charge in [0.2, 0.25) is 0 Å². The number of nitrogens with zero attached hydrogens (tertiary/aromatic N) is 1. The third-order valence-electron chi connectivity index (χ3n) is 3.26. The summed E-state index contributed by atoms with van der Waals surface area (Å²) in [7, 11) is 0. The first-order chi connectivity index (χ1) is 8.70. The summed E-state index contributed by atoms with van der Waals surface area (Å²) in [5.41, 5.74) is 3.43. The largest absolute Gasteiger partial charge is 0.367 e. The van der Waals surface area contributed by atoms with E-state index in [1.807, 2.05) is 6.07 Å². The van der Waals surface area contributed by atoms with Crippen molar-refractivity contribution in [1.82, 2.24) is 5.32 Å². The van der Waals surface area contributed by atoms with Crippen LogP contribution in [0.25, 0.3) is 0 Å². The van der Waals surface area contributed by atoms with Gasteiger partial charge in [-0.2, -0.15) is 0 Å². The van der Waals surface area contributed by atoms with E-state index in [4.69, 9.17) is 0 Å². The predicted octanol–water partition coefficient (Wildman–Crippen LogP) is 2.74. The Kier molecular flexibility index (Phi) is 4.37. The summed E-state index contributed by atoms with van der Waals surface area (Å²) in [6.45, 7) is 9.87. The smallest absolute Gasteiger partial charge is 0.125 e. The molecule has 0 saturated heterocycles. The first kappa shape index (κ1) is 13.1. The van der Waals surface area contributed by atoms with Crippen LogP contribution in [-0.4, -0.2) is 26.2 Å². The highest BCUT2D eigenvalue weighted by Gasteiger charge is 2.19. The zero-order chi connectivity index (χ0) is 13.0. The molecule has 1 aliphatic heterocycles. The molecule has 0 aromatic heterocycles. The maximum absolute atomic E-state index is 13.3. The summed E-state index contributed by atoms with van der Waals surface area (Å²) in [6, 6.07) is 5.07. The van der Waals surface area contributed by atoms with E-state index >= 15 is 0 Å².